The maximum atomic E-state index is 13.4. The van der Waals surface area contributed by atoms with Crippen LogP contribution in [0.5, 0.6) is 0 Å². The van der Waals surface area contributed by atoms with Crippen LogP contribution in [0.25, 0.3) is 0 Å². The number of rotatable bonds is 3. The van der Waals surface area contributed by atoms with Crippen LogP contribution >= 0.6 is 0 Å². The minimum Gasteiger partial charge on any atom is -0.352 e. The van der Waals surface area contributed by atoms with Gasteiger partial charge in [-0.25, -0.2) is 8.78 Å². The molecule has 0 spiro atoms. The van der Waals surface area contributed by atoms with Gasteiger partial charge in [-0.15, -0.1) is 0 Å². The Morgan fingerprint density at radius 2 is 2.16 bits per heavy atom. The summed E-state index contributed by atoms with van der Waals surface area (Å²) in [4.78, 5) is 11.8. The van der Waals surface area contributed by atoms with Crippen molar-refractivity contribution in [3.05, 3.63) is 35.4 Å². The Morgan fingerprint density at radius 3 is 2.68 bits per heavy atom. The molecule has 5 heteroatoms. The molecule has 104 valence electrons. The molecule has 0 heterocycles. The van der Waals surface area contributed by atoms with E-state index in [0.717, 1.165) is 18.6 Å². The number of hydrogen-bond acceptors (Lipinski definition) is 2. The molecule has 3 N–H and O–H groups in total. The minimum absolute atomic E-state index is 0.0125. The van der Waals surface area contributed by atoms with Crippen LogP contribution in [-0.4, -0.2) is 18.0 Å². The molecule has 1 aromatic rings. The zero-order chi connectivity index (χ0) is 14.2. The largest absolute Gasteiger partial charge is 0.352 e. The Labute approximate surface area is 111 Å². The van der Waals surface area contributed by atoms with E-state index in [1.807, 2.05) is 13.8 Å². The first-order valence-corrected chi connectivity index (χ1v) is 6.29. The van der Waals surface area contributed by atoms with Gasteiger partial charge < -0.3 is 11.1 Å². The first-order valence-electron chi connectivity index (χ1n) is 6.29. The highest BCUT2D eigenvalue weighted by Gasteiger charge is 2.46. The SMILES string of the molecule is CC1(C)C(N)CC1NC(=O)Cc1ccc(F)cc1F. The van der Waals surface area contributed by atoms with Crippen LogP contribution in [-0.2, 0) is 11.2 Å². The summed E-state index contributed by atoms with van der Waals surface area (Å²) < 4.78 is 26.2. The zero-order valence-corrected chi connectivity index (χ0v) is 11.0. The van der Waals surface area contributed by atoms with Gasteiger partial charge in [0, 0.05) is 23.6 Å². The van der Waals surface area contributed by atoms with Gasteiger partial charge in [-0.3, -0.25) is 4.79 Å². The van der Waals surface area contributed by atoms with Gasteiger partial charge in [0.05, 0.1) is 6.42 Å². The summed E-state index contributed by atoms with van der Waals surface area (Å²) in [7, 11) is 0. The second-order valence-corrected chi connectivity index (χ2v) is 5.70. The Morgan fingerprint density at radius 1 is 1.47 bits per heavy atom. The van der Waals surface area contributed by atoms with E-state index in [1.54, 1.807) is 0 Å². The summed E-state index contributed by atoms with van der Waals surface area (Å²) in [5.41, 5.74) is 5.92. The fraction of sp³-hybridized carbons (Fsp3) is 0.500. The molecule has 1 fully saturated rings. The topological polar surface area (TPSA) is 55.1 Å². The average molecular weight is 268 g/mol. The van der Waals surface area contributed by atoms with Gasteiger partial charge in [0.1, 0.15) is 11.6 Å². The van der Waals surface area contributed by atoms with Crippen LogP contribution in [0.2, 0.25) is 0 Å². The zero-order valence-electron chi connectivity index (χ0n) is 11.0. The molecule has 0 bridgehead atoms. The Bertz CT molecular complexity index is 502. The Hall–Kier alpha value is -1.49. The molecule has 1 aliphatic rings. The van der Waals surface area contributed by atoms with E-state index in [9.17, 15) is 13.6 Å². The molecule has 19 heavy (non-hydrogen) atoms. The molecule has 0 aliphatic heterocycles. The third-order valence-electron chi connectivity index (χ3n) is 4.04. The number of nitrogens with one attached hydrogen (secondary N) is 1. The summed E-state index contributed by atoms with van der Waals surface area (Å²) in [6.45, 7) is 3.98. The lowest BCUT2D eigenvalue weighted by Crippen LogP contribution is -2.64. The van der Waals surface area contributed by atoms with Crippen molar-refractivity contribution in [2.45, 2.75) is 38.8 Å². The van der Waals surface area contributed by atoms with Crippen molar-refractivity contribution in [2.75, 3.05) is 0 Å². The van der Waals surface area contributed by atoms with Crippen molar-refractivity contribution < 1.29 is 13.6 Å². The van der Waals surface area contributed by atoms with Crippen LogP contribution in [0.15, 0.2) is 18.2 Å². The van der Waals surface area contributed by atoms with E-state index < -0.39 is 11.6 Å². The first-order chi connectivity index (χ1) is 8.80. The smallest absolute Gasteiger partial charge is 0.224 e. The number of amides is 1. The van der Waals surface area contributed by atoms with E-state index in [4.69, 9.17) is 5.73 Å². The molecule has 1 aromatic carbocycles. The molecule has 2 rings (SSSR count). The molecule has 2 atom stereocenters. The second-order valence-electron chi connectivity index (χ2n) is 5.70. The molecule has 1 amide bonds. The van der Waals surface area contributed by atoms with Crippen molar-refractivity contribution in [2.24, 2.45) is 11.1 Å². The van der Waals surface area contributed by atoms with E-state index in [-0.39, 0.29) is 35.4 Å². The lowest BCUT2D eigenvalue weighted by molar-refractivity contribution is -0.123. The van der Waals surface area contributed by atoms with Crippen molar-refractivity contribution in [3.63, 3.8) is 0 Å². The van der Waals surface area contributed by atoms with Crippen molar-refractivity contribution in [3.8, 4) is 0 Å². The van der Waals surface area contributed by atoms with Crippen molar-refractivity contribution >= 4 is 5.91 Å². The highest BCUT2D eigenvalue weighted by molar-refractivity contribution is 5.79. The summed E-state index contributed by atoms with van der Waals surface area (Å²) in [6.07, 6.45) is 0.637. The van der Waals surface area contributed by atoms with Crippen LogP contribution in [0, 0.1) is 17.0 Å². The highest BCUT2D eigenvalue weighted by atomic mass is 19.1. The lowest BCUT2D eigenvalue weighted by Gasteiger charge is -2.50. The highest BCUT2D eigenvalue weighted by Crippen LogP contribution is 2.38. The predicted octanol–water partition coefficient (Wildman–Crippen LogP) is 1.75. The summed E-state index contributed by atoms with van der Waals surface area (Å²) >= 11 is 0. The van der Waals surface area contributed by atoms with Gasteiger partial charge in [-0.05, 0) is 18.1 Å². The number of carbonyl (C=O) groups excluding carboxylic acids is 1. The van der Waals surface area contributed by atoms with Crippen LogP contribution in [0.1, 0.15) is 25.8 Å². The van der Waals surface area contributed by atoms with Crippen LogP contribution in [0.4, 0.5) is 8.78 Å². The van der Waals surface area contributed by atoms with Gasteiger partial charge >= 0.3 is 0 Å². The maximum absolute atomic E-state index is 13.4. The van der Waals surface area contributed by atoms with Gasteiger partial charge in [0.25, 0.3) is 0 Å². The predicted molar refractivity (Wildman–Crippen MR) is 68.4 cm³/mol. The molecule has 1 saturated carbocycles. The molecule has 0 aromatic heterocycles. The van der Waals surface area contributed by atoms with Crippen molar-refractivity contribution in [1.82, 2.24) is 5.32 Å². The van der Waals surface area contributed by atoms with Crippen LogP contribution < -0.4 is 11.1 Å². The summed E-state index contributed by atoms with van der Waals surface area (Å²) in [5, 5.41) is 2.85. The van der Waals surface area contributed by atoms with Crippen LogP contribution in [0.3, 0.4) is 0 Å². The number of halogens is 2. The maximum Gasteiger partial charge on any atom is 0.224 e. The first kappa shape index (κ1) is 13.9. The van der Waals surface area contributed by atoms with Crippen molar-refractivity contribution in [1.29, 1.82) is 0 Å². The average Bonchev–Trinajstić information content (AvgIpc) is 2.32. The molecule has 2 unspecified atom stereocenters. The fourth-order valence-corrected chi connectivity index (χ4v) is 2.29. The number of hydrogen-bond donors (Lipinski definition) is 2. The second kappa shape index (κ2) is 4.89. The Balaban J connectivity index is 1.95. The van der Waals surface area contributed by atoms with Gasteiger partial charge in [0.15, 0.2) is 0 Å². The van der Waals surface area contributed by atoms with E-state index in [2.05, 4.69) is 5.32 Å². The van der Waals surface area contributed by atoms with E-state index in [1.165, 1.54) is 6.07 Å². The van der Waals surface area contributed by atoms with E-state index >= 15 is 0 Å². The minimum atomic E-state index is -0.695. The molecule has 0 saturated heterocycles. The van der Waals surface area contributed by atoms with Gasteiger partial charge in [0.2, 0.25) is 5.91 Å². The third kappa shape index (κ3) is 2.76. The number of nitrogens with two attached hydrogens (primary N) is 1. The number of carbonyl (C=O) groups is 1. The molecule has 3 nitrogen and oxygen atoms in total. The molecule has 0 radical (unpaired) electrons. The van der Waals surface area contributed by atoms with E-state index in [0.29, 0.717) is 0 Å². The molecular formula is C14H18F2N2O. The fourth-order valence-electron chi connectivity index (χ4n) is 2.29. The third-order valence-corrected chi connectivity index (χ3v) is 4.04. The summed E-state index contributed by atoms with van der Waals surface area (Å²) in [5.74, 6) is -1.61. The Kier molecular flexibility index (Phi) is 3.58. The number of benzene rings is 1. The lowest BCUT2D eigenvalue weighted by atomic mass is 9.63. The van der Waals surface area contributed by atoms with Gasteiger partial charge in [-0.2, -0.15) is 0 Å². The standard InChI is InChI=1S/C14H18F2N2O/c1-14(2)11(17)7-12(14)18-13(19)5-8-3-4-9(15)6-10(8)16/h3-4,6,11-12H,5,7,17H2,1-2H3,(H,18,19). The van der Waals surface area contributed by atoms with Gasteiger partial charge in [-0.1, -0.05) is 19.9 Å². The molecule has 1 aliphatic carbocycles. The monoisotopic (exact) mass is 268 g/mol. The quantitative estimate of drug-likeness (QED) is 0.877. The molecular weight excluding hydrogens is 250 g/mol. The summed E-state index contributed by atoms with van der Waals surface area (Å²) in [6, 6.07) is 3.31. The normalized spacial score (nSPS) is 24.7.